The lowest BCUT2D eigenvalue weighted by molar-refractivity contribution is -0.386. The zero-order chi connectivity index (χ0) is 15.4. The van der Waals surface area contributed by atoms with Crippen LogP contribution in [0.3, 0.4) is 0 Å². The summed E-state index contributed by atoms with van der Waals surface area (Å²) in [5.74, 6) is 0. The van der Waals surface area contributed by atoms with Gasteiger partial charge in [-0.25, -0.2) is 4.98 Å². The van der Waals surface area contributed by atoms with Crippen LogP contribution in [-0.2, 0) is 13.1 Å². The molecule has 21 heavy (non-hydrogen) atoms. The molecule has 0 radical (unpaired) electrons. The number of nitrogens with one attached hydrogen (secondary N) is 1. The molecule has 7 heteroatoms. The van der Waals surface area contributed by atoms with Crippen molar-refractivity contribution in [2.75, 3.05) is 0 Å². The van der Waals surface area contributed by atoms with Crippen molar-refractivity contribution in [3.05, 3.63) is 51.9 Å². The van der Waals surface area contributed by atoms with Crippen LogP contribution in [0.5, 0.6) is 0 Å². The lowest BCUT2D eigenvalue weighted by Crippen LogP contribution is -2.30. The van der Waals surface area contributed by atoms with Crippen LogP contribution in [0.25, 0.3) is 0 Å². The molecule has 7 nitrogen and oxygen atoms in total. The number of rotatable bonds is 6. The summed E-state index contributed by atoms with van der Waals surface area (Å²) in [5, 5.41) is 14.4. The van der Waals surface area contributed by atoms with E-state index in [0.717, 1.165) is 6.54 Å². The number of nitrogens with zero attached hydrogens (tertiary/aromatic N) is 4. The molecule has 0 amide bonds. The summed E-state index contributed by atoms with van der Waals surface area (Å²) in [7, 11) is 0. The first-order valence-electron chi connectivity index (χ1n) is 6.77. The maximum Gasteiger partial charge on any atom is 0.278 e. The Labute approximate surface area is 123 Å². The van der Waals surface area contributed by atoms with E-state index in [2.05, 4.69) is 22.2 Å². The quantitative estimate of drug-likeness (QED) is 0.649. The molecule has 112 valence electrons. The Morgan fingerprint density at radius 2 is 2.24 bits per heavy atom. The van der Waals surface area contributed by atoms with Crippen molar-refractivity contribution in [3.63, 3.8) is 0 Å². The summed E-state index contributed by atoms with van der Waals surface area (Å²) in [4.78, 5) is 19.0. The molecular formula is C14H19N5O2. The summed E-state index contributed by atoms with van der Waals surface area (Å²) in [6, 6.07) is 0.209. The Kier molecular flexibility index (Phi) is 4.64. The van der Waals surface area contributed by atoms with Gasteiger partial charge in [-0.3, -0.25) is 15.1 Å². The molecule has 0 saturated heterocycles. The van der Waals surface area contributed by atoms with Crippen LogP contribution < -0.4 is 5.32 Å². The normalized spacial score (nSPS) is 12.3. The molecule has 0 fully saturated rings. The van der Waals surface area contributed by atoms with Gasteiger partial charge in [0.1, 0.15) is 0 Å². The van der Waals surface area contributed by atoms with E-state index >= 15 is 0 Å². The van der Waals surface area contributed by atoms with Gasteiger partial charge < -0.3 is 9.88 Å². The van der Waals surface area contributed by atoms with Gasteiger partial charge in [-0.2, -0.15) is 0 Å². The minimum Gasteiger partial charge on any atom is -0.336 e. The van der Waals surface area contributed by atoms with Crippen LogP contribution in [-0.4, -0.2) is 25.5 Å². The lowest BCUT2D eigenvalue weighted by atomic mass is 10.1. The number of nitro groups is 1. The highest BCUT2D eigenvalue weighted by atomic mass is 16.6. The Morgan fingerprint density at radius 1 is 1.48 bits per heavy atom. The summed E-state index contributed by atoms with van der Waals surface area (Å²) >= 11 is 0. The van der Waals surface area contributed by atoms with Gasteiger partial charge in [-0.15, -0.1) is 0 Å². The summed E-state index contributed by atoms with van der Waals surface area (Å²) in [6.07, 6.45) is 6.96. The highest BCUT2D eigenvalue weighted by Crippen LogP contribution is 2.23. The van der Waals surface area contributed by atoms with Crippen molar-refractivity contribution in [1.29, 1.82) is 0 Å². The molecule has 2 aromatic rings. The average molecular weight is 289 g/mol. The van der Waals surface area contributed by atoms with Crippen LogP contribution in [0.4, 0.5) is 5.69 Å². The van der Waals surface area contributed by atoms with Crippen molar-refractivity contribution in [2.24, 2.45) is 0 Å². The van der Waals surface area contributed by atoms with Gasteiger partial charge in [0, 0.05) is 48.8 Å². The zero-order valence-corrected chi connectivity index (χ0v) is 12.4. The fourth-order valence-electron chi connectivity index (χ4n) is 2.27. The molecule has 0 aromatic carbocycles. The second-order valence-corrected chi connectivity index (χ2v) is 5.16. The molecule has 0 bridgehead atoms. The third-order valence-electron chi connectivity index (χ3n) is 3.42. The molecule has 1 N–H and O–H groups in total. The first-order chi connectivity index (χ1) is 9.99. The minimum absolute atomic E-state index is 0.157. The molecule has 0 spiro atoms. The number of imidazole rings is 1. The van der Waals surface area contributed by atoms with Crippen molar-refractivity contribution in [3.8, 4) is 0 Å². The first-order valence-corrected chi connectivity index (χ1v) is 6.77. The van der Waals surface area contributed by atoms with E-state index < -0.39 is 0 Å². The Morgan fingerprint density at radius 3 is 2.86 bits per heavy atom. The van der Waals surface area contributed by atoms with E-state index in [0.29, 0.717) is 23.4 Å². The van der Waals surface area contributed by atoms with Gasteiger partial charge in [0.15, 0.2) is 0 Å². The van der Waals surface area contributed by atoms with Gasteiger partial charge in [0.2, 0.25) is 0 Å². The fourth-order valence-corrected chi connectivity index (χ4v) is 2.27. The van der Waals surface area contributed by atoms with E-state index in [-0.39, 0.29) is 16.7 Å². The molecule has 2 rings (SSSR count). The molecule has 2 aromatic heterocycles. The molecule has 1 atom stereocenters. The van der Waals surface area contributed by atoms with Gasteiger partial charge >= 0.3 is 0 Å². The standard InChI is InChI=1S/C14H19N5O2/c1-10-6-17-13(12(3)14(10)19(20)21)7-16-11(2)8-18-5-4-15-9-18/h4-6,9,11,16H,7-8H2,1-3H3. The fraction of sp³-hybridized carbons (Fsp3) is 0.429. The van der Waals surface area contributed by atoms with E-state index in [1.165, 1.54) is 0 Å². The van der Waals surface area contributed by atoms with E-state index in [1.54, 1.807) is 32.6 Å². The zero-order valence-electron chi connectivity index (χ0n) is 12.4. The summed E-state index contributed by atoms with van der Waals surface area (Å²) < 4.78 is 1.98. The van der Waals surface area contributed by atoms with E-state index in [1.807, 2.05) is 10.8 Å². The summed E-state index contributed by atoms with van der Waals surface area (Å²) in [6.45, 7) is 6.79. The maximum atomic E-state index is 11.1. The molecule has 0 aliphatic rings. The molecule has 2 heterocycles. The first kappa shape index (κ1) is 15.1. The van der Waals surface area contributed by atoms with Gasteiger partial charge in [-0.05, 0) is 20.8 Å². The van der Waals surface area contributed by atoms with Gasteiger partial charge in [-0.1, -0.05) is 0 Å². The average Bonchev–Trinajstić information content (AvgIpc) is 2.90. The Hall–Kier alpha value is -2.28. The van der Waals surface area contributed by atoms with Gasteiger partial charge in [0.25, 0.3) is 5.69 Å². The third-order valence-corrected chi connectivity index (χ3v) is 3.42. The second-order valence-electron chi connectivity index (χ2n) is 5.16. The Balaban J connectivity index is 2.03. The van der Waals surface area contributed by atoms with Crippen LogP contribution in [0.1, 0.15) is 23.7 Å². The number of pyridine rings is 1. The largest absolute Gasteiger partial charge is 0.336 e. The third kappa shape index (κ3) is 3.63. The number of aryl methyl sites for hydroxylation is 1. The number of aromatic nitrogens is 3. The van der Waals surface area contributed by atoms with Crippen LogP contribution >= 0.6 is 0 Å². The van der Waals surface area contributed by atoms with Crippen LogP contribution in [0.15, 0.2) is 24.9 Å². The maximum absolute atomic E-state index is 11.1. The lowest BCUT2D eigenvalue weighted by Gasteiger charge is -2.15. The predicted molar refractivity (Wildman–Crippen MR) is 78.9 cm³/mol. The van der Waals surface area contributed by atoms with Crippen molar-refractivity contribution >= 4 is 5.69 Å². The molecule has 0 saturated carbocycles. The van der Waals surface area contributed by atoms with Crippen molar-refractivity contribution < 1.29 is 4.92 Å². The topological polar surface area (TPSA) is 85.9 Å². The van der Waals surface area contributed by atoms with E-state index in [4.69, 9.17) is 0 Å². The SMILES string of the molecule is Cc1cnc(CNC(C)Cn2ccnc2)c(C)c1[N+](=O)[O-]. The molecular weight excluding hydrogens is 270 g/mol. The minimum atomic E-state index is -0.342. The molecule has 1 unspecified atom stereocenters. The number of hydrogen-bond acceptors (Lipinski definition) is 5. The van der Waals surface area contributed by atoms with Crippen molar-refractivity contribution in [1.82, 2.24) is 19.9 Å². The Bertz CT molecular complexity index is 625. The monoisotopic (exact) mass is 289 g/mol. The molecule has 0 aliphatic heterocycles. The number of hydrogen-bond donors (Lipinski definition) is 1. The summed E-state index contributed by atoms with van der Waals surface area (Å²) in [5.41, 5.74) is 2.09. The predicted octanol–water partition coefficient (Wildman–Crippen LogP) is 1.98. The van der Waals surface area contributed by atoms with Crippen molar-refractivity contribution in [2.45, 2.75) is 39.9 Å². The van der Waals surface area contributed by atoms with Gasteiger partial charge in [0.05, 0.1) is 16.9 Å². The van der Waals surface area contributed by atoms with Crippen LogP contribution in [0.2, 0.25) is 0 Å². The highest BCUT2D eigenvalue weighted by Gasteiger charge is 2.18. The smallest absolute Gasteiger partial charge is 0.278 e. The van der Waals surface area contributed by atoms with E-state index in [9.17, 15) is 10.1 Å². The van der Waals surface area contributed by atoms with Crippen LogP contribution in [0, 0.1) is 24.0 Å². The molecule has 0 aliphatic carbocycles. The highest BCUT2D eigenvalue weighted by molar-refractivity contribution is 5.47. The second kappa shape index (κ2) is 6.45.